The van der Waals surface area contributed by atoms with Gasteiger partial charge in [-0.25, -0.2) is 0 Å². The standard InChI is InChI=1S/C16H22N2O4/c1-11-9-12(7-8-15(11)18(21)22)16(20)17-14-6-4-2-3-5-13(14)10-19/h7-9,13-14,19H,2-6,10H2,1H3,(H,17,20). The Morgan fingerprint density at radius 3 is 2.73 bits per heavy atom. The maximum atomic E-state index is 12.4. The zero-order chi connectivity index (χ0) is 16.1. The Bertz CT molecular complexity index is 559. The summed E-state index contributed by atoms with van der Waals surface area (Å²) in [5.74, 6) is -0.144. The minimum Gasteiger partial charge on any atom is -0.396 e. The van der Waals surface area contributed by atoms with E-state index in [4.69, 9.17) is 0 Å². The molecule has 1 fully saturated rings. The minimum atomic E-state index is -0.454. The van der Waals surface area contributed by atoms with Crippen LogP contribution in [0.3, 0.4) is 0 Å². The van der Waals surface area contributed by atoms with Gasteiger partial charge in [-0.2, -0.15) is 0 Å². The lowest BCUT2D eigenvalue weighted by atomic mass is 9.95. The summed E-state index contributed by atoms with van der Waals surface area (Å²) in [5.41, 5.74) is 0.903. The number of carbonyl (C=O) groups is 1. The molecule has 6 heteroatoms. The molecule has 120 valence electrons. The van der Waals surface area contributed by atoms with Crippen molar-refractivity contribution in [2.24, 2.45) is 5.92 Å². The van der Waals surface area contributed by atoms with Gasteiger partial charge in [-0.15, -0.1) is 0 Å². The first-order valence-electron chi connectivity index (χ1n) is 7.69. The number of hydrogen-bond acceptors (Lipinski definition) is 4. The fourth-order valence-electron chi connectivity index (χ4n) is 3.05. The number of aliphatic hydroxyl groups excluding tert-OH is 1. The minimum absolute atomic E-state index is 0.0132. The van der Waals surface area contributed by atoms with Crippen LogP contribution < -0.4 is 5.32 Å². The van der Waals surface area contributed by atoms with E-state index >= 15 is 0 Å². The molecule has 0 spiro atoms. The van der Waals surface area contributed by atoms with Crippen molar-refractivity contribution in [3.05, 3.63) is 39.4 Å². The molecule has 6 nitrogen and oxygen atoms in total. The third-order valence-corrected chi connectivity index (χ3v) is 4.37. The highest BCUT2D eigenvalue weighted by molar-refractivity contribution is 5.94. The summed E-state index contributed by atoms with van der Waals surface area (Å²) >= 11 is 0. The predicted molar refractivity (Wildman–Crippen MR) is 82.7 cm³/mol. The van der Waals surface area contributed by atoms with Gasteiger partial charge in [-0.3, -0.25) is 14.9 Å². The third kappa shape index (κ3) is 3.82. The Morgan fingerprint density at radius 1 is 1.36 bits per heavy atom. The maximum Gasteiger partial charge on any atom is 0.272 e. The second-order valence-electron chi connectivity index (χ2n) is 5.92. The lowest BCUT2D eigenvalue weighted by molar-refractivity contribution is -0.385. The molecule has 2 atom stereocenters. The Balaban J connectivity index is 2.10. The second kappa shape index (κ2) is 7.35. The number of aliphatic hydroxyl groups is 1. The van der Waals surface area contributed by atoms with E-state index in [0.717, 1.165) is 32.1 Å². The van der Waals surface area contributed by atoms with Gasteiger partial charge in [0.05, 0.1) is 4.92 Å². The highest BCUT2D eigenvalue weighted by atomic mass is 16.6. The summed E-state index contributed by atoms with van der Waals surface area (Å²) in [4.78, 5) is 22.7. The number of nitrogens with zero attached hydrogens (tertiary/aromatic N) is 1. The first-order valence-corrected chi connectivity index (χ1v) is 7.69. The van der Waals surface area contributed by atoms with E-state index in [0.29, 0.717) is 11.1 Å². The normalized spacial score (nSPS) is 21.9. The largest absolute Gasteiger partial charge is 0.396 e. The molecule has 2 N–H and O–H groups in total. The molecule has 1 aliphatic carbocycles. The molecule has 0 saturated heterocycles. The zero-order valence-corrected chi connectivity index (χ0v) is 12.7. The third-order valence-electron chi connectivity index (χ3n) is 4.37. The van der Waals surface area contributed by atoms with Crippen LogP contribution in [0, 0.1) is 23.0 Å². The van der Waals surface area contributed by atoms with E-state index in [1.807, 2.05) is 0 Å². The Labute approximate surface area is 129 Å². The predicted octanol–water partition coefficient (Wildman–Crippen LogP) is 2.57. The zero-order valence-electron chi connectivity index (χ0n) is 12.7. The van der Waals surface area contributed by atoms with Crippen LogP contribution in [0.4, 0.5) is 5.69 Å². The number of nitro benzene ring substituents is 1. The van der Waals surface area contributed by atoms with Gasteiger partial charge in [0, 0.05) is 35.8 Å². The van der Waals surface area contributed by atoms with Crippen molar-refractivity contribution in [2.45, 2.75) is 45.1 Å². The molecular formula is C16H22N2O4. The molecule has 0 aliphatic heterocycles. The average Bonchev–Trinajstić information content (AvgIpc) is 2.71. The van der Waals surface area contributed by atoms with Crippen molar-refractivity contribution in [3.63, 3.8) is 0 Å². The molecule has 1 aliphatic rings. The van der Waals surface area contributed by atoms with Crippen LogP contribution in [0.2, 0.25) is 0 Å². The van der Waals surface area contributed by atoms with Crippen LogP contribution in [0.25, 0.3) is 0 Å². The molecule has 1 saturated carbocycles. The summed E-state index contributed by atoms with van der Waals surface area (Å²) in [6.45, 7) is 1.70. The van der Waals surface area contributed by atoms with Gasteiger partial charge >= 0.3 is 0 Å². The highest BCUT2D eigenvalue weighted by Crippen LogP contribution is 2.24. The van der Waals surface area contributed by atoms with Crippen LogP contribution >= 0.6 is 0 Å². The summed E-state index contributed by atoms with van der Waals surface area (Å²) in [7, 11) is 0. The summed E-state index contributed by atoms with van der Waals surface area (Å²) in [5, 5.41) is 23.3. The monoisotopic (exact) mass is 306 g/mol. The van der Waals surface area contributed by atoms with Crippen molar-refractivity contribution >= 4 is 11.6 Å². The van der Waals surface area contributed by atoms with Crippen molar-refractivity contribution in [1.82, 2.24) is 5.32 Å². The molecule has 0 bridgehead atoms. The molecule has 0 heterocycles. The number of carbonyl (C=O) groups excluding carboxylic acids is 1. The lowest BCUT2D eigenvalue weighted by Crippen LogP contribution is -2.41. The molecule has 1 aromatic carbocycles. The van der Waals surface area contributed by atoms with E-state index in [9.17, 15) is 20.0 Å². The summed E-state index contributed by atoms with van der Waals surface area (Å²) in [6.07, 6.45) is 5.03. The van der Waals surface area contributed by atoms with Crippen LogP contribution in [-0.4, -0.2) is 28.6 Å². The molecule has 1 amide bonds. The number of rotatable bonds is 4. The van der Waals surface area contributed by atoms with E-state index in [1.54, 1.807) is 6.92 Å². The highest BCUT2D eigenvalue weighted by Gasteiger charge is 2.25. The number of amides is 1. The van der Waals surface area contributed by atoms with Gasteiger partial charge in [0.1, 0.15) is 0 Å². The number of nitrogens with one attached hydrogen (secondary N) is 1. The molecule has 22 heavy (non-hydrogen) atoms. The quantitative estimate of drug-likeness (QED) is 0.508. The number of benzene rings is 1. The van der Waals surface area contributed by atoms with Crippen LogP contribution in [0.15, 0.2) is 18.2 Å². The van der Waals surface area contributed by atoms with Gasteiger partial charge in [0.25, 0.3) is 11.6 Å². The number of hydrogen-bond donors (Lipinski definition) is 2. The Hall–Kier alpha value is -1.95. The smallest absolute Gasteiger partial charge is 0.272 e. The van der Waals surface area contributed by atoms with Gasteiger partial charge in [0.2, 0.25) is 0 Å². The molecular weight excluding hydrogens is 284 g/mol. The molecule has 1 aromatic rings. The van der Waals surface area contributed by atoms with E-state index in [2.05, 4.69) is 5.32 Å². The van der Waals surface area contributed by atoms with Gasteiger partial charge in [-0.05, 0) is 31.9 Å². The molecule has 2 rings (SSSR count). The SMILES string of the molecule is Cc1cc(C(=O)NC2CCCCCC2CO)ccc1[N+](=O)[O-]. The molecule has 0 aromatic heterocycles. The van der Waals surface area contributed by atoms with Crippen molar-refractivity contribution in [3.8, 4) is 0 Å². The fraction of sp³-hybridized carbons (Fsp3) is 0.562. The van der Waals surface area contributed by atoms with E-state index in [-0.39, 0.29) is 30.2 Å². The summed E-state index contributed by atoms with van der Waals surface area (Å²) in [6, 6.07) is 4.35. The van der Waals surface area contributed by atoms with Gasteiger partial charge in [-0.1, -0.05) is 19.3 Å². The molecule has 0 radical (unpaired) electrons. The van der Waals surface area contributed by atoms with Crippen LogP contribution in [0.5, 0.6) is 0 Å². The van der Waals surface area contributed by atoms with Crippen LogP contribution in [0.1, 0.15) is 48.0 Å². The lowest BCUT2D eigenvalue weighted by Gasteiger charge is -2.24. The van der Waals surface area contributed by atoms with Gasteiger partial charge in [0.15, 0.2) is 0 Å². The molecule has 2 unspecified atom stereocenters. The van der Waals surface area contributed by atoms with Crippen LogP contribution in [-0.2, 0) is 0 Å². The first kappa shape index (κ1) is 16.4. The van der Waals surface area contributed by atoms with Crippen molar-refractivity contribution < 1.29 is 14.8 Å². The average molecular weight is 306 g/mol. The van der Waals surface area contributed by atoms with Gasteiger partial charge < -0.3 is 10.4 Å². The maximum absolute atomic E-state index is 12.4. The summed E-state index contributed by atoms with van der Waals surface area (Å²) < 4.78 is 0. The second-order valence-corrected chi connectivity index (χ2v) is 5.92. The van der Waals surface area contributed by atoms with E-state index in [1.165, 1.54) is 18.2 Å². The number of nitro groups is 1. The Kier molecular flexibility index (Phi) is 5.49. The van der Waals surface area contributed by atoms with Crippen molar-refractivity contribution in [2.75, 3.05) is 6.61 Å². The topological polar surface area (TPSA) is 92.5 Å². The Morgan fingerprint density at radius 2 is 2.09 bits per heavy atom. The van der Waals surface area contributed by atoms with Crippen molar-refractivity contribution in [1.29, 1.82) is 0 Å². The first-order chi connectivity index (χ1) is 10.5. The van der Waals surface area contributed by atoms with E-state index < -0.39 is 4.92 Å². The fourth-order valence-corrected chi connectivity index (χ4v) is 3.05. The number of aryl methyl sites for hydroxylation is 1.